The molecular weight excluding hydrogens is 692 g/mol. The Bertz CT molecular complexity index is 1660. The van der Waals surface area contributed by atoms with E-state index in [0.717, 1.165) is 0 Å². The molecule has 44 heavy (non-hydrogen) atoms. The Kier molecular flexibility index (Phi) is 13.1. The third kappa shape index (κ3) is 9.49. The zero-order valence-electron chi connectivity index (χ0n) is 22.3. The summed E-state index contributed by atoms with van der Waals surface area (Å²) in [6, 6.07) is 23.8. The molecule has 0 aliphatic carbocycles. The number of carbonyl (C=O) groups is 3. The number of hydrogen-bond acceptors (Lipinski definition) is 13. The van der Waals surface area contributed by atoms with Crippen LogP contribution in [0.15, 0.2) is 117 Å². The summed E-state index contributed by atoms with van der Waals surface area (Å²) < 4.78 is 14.5. The molecule has 5 aromatic rings. The average molecular weight is 711 g/mol. The standard InChI is InChI=1S/C18H11N3O6.C12H10N2S2.Ru/c22-9-25-12-1-3-19-15(5-12)17-7-14(27-11-24)8-18(21-17)16-6-13(26-10-23)2-4-20-16;15-11-7-3-1-5-9(11)13-14-10-6-2-4-8-12(10)16;/h1-11H;1-8,15-16H;/q;;+2/p-2. The Morgan fingerprint density at radius 1 is 0.545 bits per heavy atom. The van der Waals surface area contributed by atoms with Gasteiger partial charge in [-0.2, -0.15) is 10.2 Å². The minimum absolute atomic E-state index is 0. The Morgan fingerprint density at radius 2 is 0.932 bits per heavy atom. The molecule has 5 rings (SSSR count). The summed E-state index contributed by atoms with van der Waals surface area (Å²) in [6.45, 7) is 0.875. The third-order valence-corrected chi connectivity index (χ3v) is 6.03. The van der Waals surface area contributed by atoms with Gasteiger partial charge in [-0.1, -0.05) is 36.4 Å². The van der Waals surface area contributed by atoms with Gasteiger partial charge >= 0.3 is 19.5 Å². The van der Waals surface area contributed by atoms with Crippen molar-refractivity contribution in [1.82, 2.24) is 15.0 Å². The first-order valence-electron chi connectivity index (χ1n) is 12.2. The number of rotatable bonds is 10. The first kappa shape index (κ1) is 33.5. The topological polar surface area (TPSA) is 142 Å². The second kappa shape index (κ2) is 17.2. The molecule has 3 heterocycles. The smallest absolute Gasteiger partial charge is 0.778 e. The number of azo groups is 1. The average Bonchev–Trinajstić information content (AvgIpc) is 3.02. The van der Waals surface area contributed by atoms with Gasteiger partial charge in [0.15, 0.2) is 0 Å². The monoisotopic (exact) mass is 711 g/mol. The molecule has 0 bridgehead atoms. The molecule has 0 N–H and O–H groups in total. The molecule has 0 aliphatic rings. The maximum absolute atomic E-state index is 10.8. The van der Waals surface area contributed by atoms with Crippen molar-refractivity contribution < 1.29 is 48.1 Å². The second-order valence-electron chi connectivity index (χ2n) is 8.10. The largest absolute Gasteiger partial charge is 2.00 e. The molecule has 11 nitrogen and oxygen atoms in total. The van der Waals surface area contributed by atoms with E-state index >= 15 is 0 Å². The molecule has 0 unspecified atom stereocenters. The SMILES string of the molecule is O=COc1ccnc(-c2cc(OC=O)cc(-c3cc(OC=O)ccn3)n2)c1.[Ru+2].[S-]c1ccccc1N=Nc1ccccc1[S-]. The van der Waals surface area contributed by atoms with E-state index in [9.17, 15) is 14.4 Å². The number of nitrogens with zero attached hydrogens (tertiary/aromatic N) is 5. The van der Waals surface area contributed by atoms with Crippen LogP contribution in [0.5, 0.6) is 17.2 Å². The van der Waals surface area contributed by atoms with Crippen LogP contribution < -0.4 is 14.2 Å². The van der Waals surface area contributed by atoms with Crippen molar-refractivity contribution in [2.24, 2.45) is 10.2 Å². The van der Waals surface area contributed by atoms with Gasteiger partial charge in [0, 0.05) is 36.7 Å². The summed E-state index contributed by atoms with van der Waals surface area (Å²) in [5.74, 6) is 0.760. The van der Waals surface area contributed by atoms with E-state index in [1.165, 1.54) is 48.8 Å². The Hall–Kier alpha value is -5.04. The third-order valence-electron chi connectivity index (χ3n) is 5.34. The van der Waals surface area contributed by atoms with Crippen molar-refractivity contribution in [3.05, 3.63) is 97.3 Å². The quantitative estimate of drug-likeness (QED) is 0.0760. The molecule has 220 valence electrons. The van der Waals surface area contributed by atoms with Gasteiger partial charge in [-0.3, -0.25) is 24.4 Å². The molecule has 0 atom stereocenters. The number of benzene rings is 2. The first-order chi connectivity index (χ1) is 21.0. The van der Waals surface area contributed by atoms with Crippen molar-refractivity contribution in [1.29, 1.82) is 0 Å². The van der Waals surface area contributed by atoms with Gasteiger partial charge in [0.25, 0.3) is 19.4 Å². The summed E-state index contributed by atoms with van der Waals surface area (Å²) in [5.41, 5.74) is 2.85. The van der Waals surface area contributed by atoms with Crippen molar-refractivity contribution in [3.63, 3.8) is 0 Å². The van der Waals surface area contributed by atoms with Crippen molar-refractivity contribution in [2.45, 2.75) is 9.79 Å². The molecule has 0 saturated carbocycles. The molecule has 0 saturated heterocycles. The van der Waals surface area contributed by atoms with E-state index in [1.807, 2.05) is 48.5 Å². The van der Waals surface area contributed by atoms with Crippen molar-refractivity contribution in [3.8, 4) is 40.0 Å². The molecule has 0 fully saturated rings. The summed E-state index contributed by atoms with van der Waals surface area (Å²) in [7, 11) is 0. The summed E-state index contributed by atoms with van der Waals surface area (Å²) in [4.78, 5) is 46.0. The van der Waals surface area contributed by atoms with Crippen LogP contribution in [0, 0.1) is 0 Å². The fourth-order valence-corrected chi connectivity index (χ4v) is 3.81. The number of pyridine rings is 3. The fourth-order valence-electron chi connectivity index (χ4n) is 3.44. The molecule has 0 amide bonds. The van der Waals surface area contributed by atoms with E-state index in [-0.39, 0.29) is 43.2 Å². The molecule has 3 aromatic heterocycles. The molecule has 14 heteroatoms. The summed E-state index contributed by atoms with van der Waals surface area (Å²) >= 11 is 10.2. The maximum atomic E-state index is 10.8. The second-order valence-corrected chi connectivity index (χ2v) is 8.98. The number of carbonyl (C=O) groups excluding carboxylic acids is 3. The zero-order chi connectivity index (χ0) is 30.4. The fraction of sp³-hybridized carbons (Fsp3) is 0. The van der Waals surface area contributed by atoms with E-state index in [0.29, 0.717) is 56.9 Å². The minimum Gasteiger partial charge on any atom is -0.778 e. The molecule has 0 aliphatic heterocycles. The van der Waals surface area contributed by atoms with Crippen LogP contribution in [0.1, 0.15) is 0 Å². The summed E-state index contributed by atoms with van der Waals surface area (Å²) in [5, 5.41) is 8.18. The van der Waals surface area contributed by atoms with Crippen LogP contribution in [-0.2, 0) is 59.1 Å². The van der Waals surface area contributed by atoms with Gasteiger partial charge in [-0.15, -0.1) is 9.79 Å². The van der Waals surface area contributed by atoms with Crippen LogP contribution in [0.3, 0.4) is 0 Å². The van der Waals surface area contributed by atoms with Gasteiger partial charge in [0.1, 0.15) is 17.2 Å². The van der Waals surface area contributed by atoms with Gasteiger partial charge in [-0.25, -0.2) is 4.98 Å². The van der Waals surface area contributed by atoms with E-state index in [1.54, 1.807) is 0 Å². The normalized spacial score (nSPS) is 10.0. The van der Waals surface area contributed by atoms with Crippen LogP contribution in [0.25, 0.3) is 22.8 Å². The summed E-state index contributed by atoms with van der Waals surface area (Å²) in [6.07, 6.45) is 2.89. The molecule has 2 aromatic carbocycles. The van der Waals surface area contributed by atoms with Crippen LogP contribution in [0.2, 0.25) is 0 Å². The number of hydrogen-bond donors (Lipinski definition) is 0. The van der Waals surface area contributed by atoms with Gasteiger partial charge in [0.05, 0.1) is 34.2 Å². The van der Waals surface area contributed by atoms with Gasteiger partial charge in [-0.05, 0) is 24.3 Å². The van der Waals surface area contributed by atoms with E-state index < -0.39 is 0 Å². The Labute approximate surface area is 275 Å². The maximum Gasteiger partial charge on any atom is 2.00 e. The zero-order valence-corrected chi connectivity index (χ0v) is 25.7. The van der Waals surface area contributed by atoms with Crippen molar-refractivity contribution in [2.75, 3.05) is 0 Å². The van der Waals surface area contributed by atoms with Gasteiger partial charge < -0.3 is 39.5 Å². The number of ether oxygens (including phenoxy) is 3. The molecule has 0 radical (unpaired) electrons. The van der Waals surface area contributed by atoms with Crippen LogP contribution in [0.4, 0.5) is 11.4 Å². The van der Waals surface area contributed by atoms with Crippen LogP contribution in [-0.4, -0.2) is 34.4 Å². The molecule has 0 spiro atoms. The Morgan fingerprint density at radius 3 is 1.34 bits per heavy atom. The predicted molar refractivity (Wildman–Crippen MR) is 159 cm³/mol. The van der Waals surface area contributed by atoms with E-state index in [2.05, 4.69) is 25.2 Å². The first-order valence-corrected chi connectivity index (χ1v) is 13.0. The van der Waals surface area contributed by atoms with Gasteiger partial charge in [0.2, 0.25) is 0 Å². The molecular formula is C30H19N5O6RuS2. The number of aromatic nitrogens is 3. The predicted octanol–water partition coefficient (Wildman–Crippen LogP) is 5.72. The van der Waals surface area contributed by atoms with Crippen molar-refractivity contribution >= 4 is 56.0 Å². The minimum atomic E-state index is 0. The van der Waals surface area contributed by atoms with Crippen LogP contribution >= 0.6 is 0 Å². The van der Waals surface area contributed by atoms with E-state index in [4.69, 9.17) is 39.5 Å². The Balaban J connectivity index is 0.000000266.